The molecule has 1 rings (SSSR count). The van der Waals surface area contributed by atoms with Crippen molar-refractivity contribution in [1.82, 2.24) is 5.32 Å². The monoisotopic (exact) mass is 212 g/mol. The molecule has 1 fully saturated rings. The van der Waals surface area contributed by atoms with Crippen molar-refractivity contribution >= 4 is 5.91 Å². The first-order valence-corrected chi connectivity index (χ1v) is 5.86. The van der Waals surface area contributed by atoms with Gasteiger partial charge in [-0.25, -0.2) is 0 Å². The first kappa shape index (κ1) is 12.5. The van der Waals surface area contributed by atoms with E-state index < -0.39 is 0 Å². The summed E-state index contributed by atoms with van der Waals surface area (Å²) in [7, 11) is 0. The minimum atomic E-state index is -0.0353. The van der Waals surface area contributed by atoms with Crippen molar-refractivity contribution in [2.45, 2.75) is 34.1 Å². The van der Waals surface area contributed by atoms with Gasteiger partial charge in [-0.1, -0.05) is 27.7 Å². The minimum absolute atomic E-state index is 0.0353. The van der Waals surface area contributed by atoms with Gasteiger partial charge in [-0.15, -0.1) is 0 Å². The normalized spacial score (nSPS) is 25.1. The lowest BCUT2D eigenvalue weighted by Crippen LogP contribution is -2.39. The summed E-state index contributed by atoms with van der Waals surface area (Å²) in [6.07, 6.45) is 1.22. The lowest BCUT2D eigenvalue weighted by atomic mass is 9.95. The zero-order valence-electron chi connectivity index (χ0n) is 10.3. The largest absolute Gasteiger partial charge is 0.356 e. The second-order valence-corrected chi connectivity index (χ2v) is 5.72. The fraction of sp³-hybridized carbons (Fsp3) is 0.917. The van der Waals surface area contributed by atoms with Gasteiger partial charge in [-0.3, -0.25) is 4.79 Å². The average Bonchev–Trinajstić information content (AvgIpc) is 2.71. The van der Waals surface area contributed by atoms with Gasteiger partial charge in [0, 0.05) is 13.1 Å². The number of rotatable bonds is 5. The quantitative estimate of drug-likeness (QED) is 0.723. The molecule has 1 aliphatic carbocycles. The Kier molecular flexibility index (Phi) is 3.77. The molecule has 1 amide bonds. The molecule has 0 saturated heterocycles. The lowest BCUT2D eigenvalue weighted by molar-refractivity contribution is -0.126. The van der Waals surface area contributed by atoms with Crippen LogP contribution in [0, 0.1) is 23.2 Å². The van der Waals surface area contributed by atoms with Crippen molar-refractivity contribution in [3.05, 3.63) is 0 Å². The SMILES string of the molecule is CC(C)C(CN)C(=O)NCC1CC1(C)C. The fourth-order valence-corrected chi connectivity index (χ4v) is 1.96. The van der Waals surface area contributed by atoms with Gasteiger partial charge in [-0.05, 0) is 23.7 Å². The maximum atomic E-state index is 11.8. The van der Waals surface area contributed by atoms with Gasteiger partial charge >= 0.3 is 0 Å². The smallest absolute Gasteiger partial charge is 0.224 e. The number of carbonyl (C=O) groups is 1. The van der Waals surface area contributed by atoms with Crippen LogP contribution in [0.2, 0.25) is 0 Å². The Balaban J connectivity index is 2.29. The average molecular weight is 212 g/mol. The van der Waals surface area contributed by atoms with Crippen LogP contribution in [0.3, 0.4) is 0 Å². The third kappa shape index (κ3) is 3.20. The van der Waals surface area contributed by atoms with E-state index in [0.717, 1.165) is 6.54 Å². The van der Waals surface area contributed by atoms with E-state index in [4.69, 9.17) is 5.73 Å². The summed E-state index contributed by atoms with van der Waals surface area (Å²) in [5.74, 6) is 1.07. The molecule has 0 aromatic carbocycles. The van der Waals surface area contributed by atoms with Gasteiger partial charge in [0.1, 0.15) is 0 Å². The molecular formula is C12H24N2O. The van der Waals surface area contributed by atoms with Crippen molar-refractivity contribution < 1.29 is 4.79 Å². The third-order valence-electron chi connectivity index (χ3n) is 3.64. The van der Waals surface area contributed by atoms with E-state index in [9.17, 15) is 4.79 Å². The summed E-state index contributed by atoms with van der Waals surface area (Å²) in [6, 6.07) is 0. The van der Waals surface area contributed by atoms with E-state index in [1.54, 1.807) is 0 Å². The molecule has 88 valence electrons. The highest BCUT2D eigenvalue weighted by molar-refractivity contribution is 5.79. The zero-order chi connectivity index (χ0) is 11.6. The topological polar surface area (TPSA) is 55.1 Å². The van der Waals surface area contributed by atoms with Crippen LogP contribution in [0.25, 0.3) is 0 Å². The van der Waals surface area contributed by atoms with Crippen molar-refractivity contribution in [2.75, 3.05) is 13.1 Å². The molecule has 3 heteroatoms. The summed E-state index contributed by atoms with van der Waals surface area (Å²) >= 11 is 0. The second kappa shape index (κ2) is 4.52. The fourth-order valence-electron chi connectivity index (χ4n) is 1.96. The Morgan fingerprint density at radius 1 is 1.53 bits per heavy atom. The van der Waals surface area contributed by atoms with Crippen molar-refractivity contribution in [3.63, 3.8) is 0 Å². The van der Waals surface area contributed by atoms with E-state index >= 15 is 0 Å². The summed E-state index contributed by atoms with van der Waals surface area (Å²) in [6.45, 7) is 9.82. The van der Waals surface area contributed by atoms with E-state index in [1.165, 1.54) is 6.42 Å². The molecule has 1 aliphatic rings. The summed E-state index contributed by atoms with van der Waals surface area (Å²) in [5.41, 5.74) is 6.02. The molecule has 3 nitrogen and oxygen atoms in total. The highest BCUT2D eigenvalue weighted by atomic mass is 16.1. The van der Waals surface area contributed by atoms with Gasteiger partial charge in [0.15, 0.2) is 0 Å². The molecule has 0 aromatic heterocycles. The van der Waals surface area contributed by atoms with Gasteiger partial charge in [0.2, 0.25) is 5.91 Å². The third-order valence-corrected chi connectivity index (χ3v) is 3.64. The van der Waals surface area contributed by atoms with Crippen LogP contribution in [-0.4, -0.2) is 19.0 Å². The Hall–Kier alpha value is -0.570. The Morgan fingerprint density at radius 3 is 2.40 bits per heavy atom. The summed E-state index contributed by atoms with van der Waals surface area (Å²) in [4.78, 5) is 11.8. The second-order valence-electron chi connectivity index (χ2n) is 5.72. The molecule has 0 radical (unpaired) electrons. The molecule has 0 bridgehead atoms. The Labute approximate surface area is 92.8 Å². The molecule has 15 heavy (non-hydrogen) atoms. The summed E-state index contributed by atoms with van der Waals surface area (Å²) < 4.78 is 0. The molecule has 2 atom stereocenters. The van der Waals surface area contributed by atoms with Crippen LogP contribution >= 0.6 is 0 Å². The van der Waals surface area contributed by atoms with Gasteiger partial charge in [0.25, 0.3) is 0 Å². The van der Waals surface area contributed by atoms with Crippen LogP contribution in [0.15, 0.2) is 0 Å². The van der Waals surface area contributed by atoms with Gasteiger partial charge in [0.05, 0.1) is 5.92 Å². The number of nitrogens with two attached hydrogens (primary N) is 1. The van der Waals surface area contributed by atoms with Crippen LogP contribution in [-0.2, 0) is 4.79 Å². The standard InChI is InChI=1S/C12H24N2O/c1-8(2)10(6-13)11(15)14-7-9-5-12(9,3)4/h8-10H,5-7,13H2,1-4H3,(H,14,15). The molecule has 0 spiro atoms. The van der Waals surface area contributed by atoms with Crippen LogP contribution in [0.5, 0.6) is 0 Å². The van der Waals surface area contributed by atoms with Crippen molar-refractivity contribution in [2.24, 2.45) is 28.9 Å². The summed E-state index contributed by atoms with van der Waals surface area (Å²) in [5, 5.41) is 3.01. The maximum Gasteiger partial charge on any atom is 0.224 e. The van der Waals surface area contributed by atoms with Crippen LogP contribution < -0.4 is 11.1 Å². The first-order chi connectivity index (χ1) is 6.88. The molecule has 0 aliphatic heterocycles. The number of hydrogen-bond acceptors (Lipinski definition) is 2. The highest BCUT2D eigenvalue weighted by Crippen LogP contribution is 2.50. The molecular weight excluding hydrogens is 188 g/mol. The Bertz CT molecular complexity index is 236. The lowest BCUT2D eigenvalue weighted by Gasteiger charge is -2.18. The van der Waals surface area contributed by atoms with Crippen molar-refractivity contribution in [1.29, 1.82) is 0 Å². The number of carbonyl (C=O) groups excluding carboxylic acids is 1. The molecule has 2 unspecified atom stereocenters. The van der Waals surface area contributed by atoms with Crippen LogP contribution in [0.1, 0.15) is 34.1 Å². The van der Waals surface area contributed by atoms with E-state index in [-0.39, 0.29) is 11.8 Å². The predicted octanol–water partition coefficient (Wildman–Crippen LogP) is 1.38. The number of nitrogens with one attached hydrogen (secondary N) is 1. The highest BCUT2D eigenvalue weighted by Gasteiger charge is 2.45. The van der Waals surface area contributed by atoms with E-state index in [1.807, 2.05) is 13.8 Å². The van der Waals surface area contributed by atoms with E-state index in [0.29, 0.717) is 23.8 Å². The van der Waals surface area contributed by atoms with E-state index in [2.05, 4.69) is 19.2 Å². The molecule has 3 N–H and O–H groups in total. The number of hydrogen-bond donors (Lipinski definition) is 2. The first-order valence-electron chi connectivity index (χ1n) is 5.86. The zero-order valence-corrected chi connectivity index (χ0v) is 10.3. The van der Waals surface area contributed by atoms with Crippen LogP contribution in [0.4, 0.5) is 0 Å². The molecule has 1 saturated carbocycles. The van der Waals surface area contributed by atoms with Crippen molar-refractivity contribution in [3.8, 4) is 0 Å². The Morgan fingerprint density at radius 2 is 2.07 bits per heavy atom. The maximum absolute atomic E-state index is 11.8. The van der Waals surface area contributed by atoms with Gasteiger partial charge in [-0.2, -0.15) is 0 Å². The molecule has 0 heterocycles. The number of amides is 1. The van der Waals surface area contributed by atoms with Gasteiger partial charge < -0.3 is 11.1 Å². The predicted molar refractivity (Wildman–Crippen MR) is 62.3 cm³/mol. The minimum Gasteiger partial charge on any atom is -0.356 e. The molecule has 0 aromatic rings.